The first-order chi connectivity index (χ1) is 6.27. The highest BCUT2D eigenvalue weighted by Crippen LogP contribution is 2.19. The van der Waals surface area contributed by atoms with Gasteiger partial charge in [-0.3, -0.25) is 0 Å². The summed E-state index contributed by atoms with van der Waals surface area (Å²) in [4.78, 5) is 0. The maximum absolute atomic E-state index is 3.43. The van der Waals surface area contributed by atoms with E-state index in [0.29, 0.717) is 6.04 Å². The van der Waals surface area contributed by atoms with Crippen molar-refractivity contribution < 1.29 is 0 Å². The van der Waals surface area contributed by atoms with Crippen molar-refractivity contribution in [1.82, 2.24) is 5.32 Å². The van der Waals surface area contributed by atoms with Crippen LogP contribution in [0.1, 0.15) is 11.6 Å². The van der Waals surface area contributed by atoms with E-state index >= 15 is 0 Å². The van der Waals surface area contributed by atoms with Crippen LogP contribution in [0.5, 0.6) is 0 Å². The Hall–Kier alpha value is 0.01000. The van der Waals surface area contributed by atoms with Gasteiger partial charge < -0.3 is 5.32 Å². The molecule has 0 heterocycles. The average molecular weight is 260 g/mol. The molecule has 0 aromatic heterocycles. The highest BCUT2D eigenvalue weighted by molar-refractivity contribution is 9.10. The molecule has 0 fully saturated rings. The second-order valence-corrected chi connectivity index (χ2v) is 4.67. The molecule has 0 aliphatic heterocycles. The van der Waals surface area contributed by atoms with Crippen LogP contribution in [0.4, 0.5) is 0 Å². The number of rotatable bonds is 4. The lowest BCUT2D eigenvalue weighted by Crippen LogP contribution is -2.18. The summed E-state index contributed by atoms with van der Waals surface area (Å²) >= 11 is 5.29. The van der Waals surface area contributed by atoms with Gasteiger partial charge in [-0.15, -0.1) is 0 Å². The molecule has 1 unspecified atom stereocenters. The van der Waals surface area contributed by atoms with Crippen LogP contribution in [0.25, 0.3) is 0 Å². The van der Waals surface area contributed by atoms with Gasteiger partial charge in [-0.05, 0) is 31.0 Å². The molecule has 1 rings (SSSR count). The third-order valence-corrected chi connectivity index (χ3v) is 3.15. The molecule has 1 aromatic carbocycles. The van der Waals surface area contributed by atoms with Gasteiger partial charge in [-0.25, -0.2) is 0 Å². The van der Waals surface area contributed by atoms with Gasteiger partial charge in [0, 0.05) is 16.3 Å². The summed E-state index contributed by atoms with van der Waals surface area (Å²) < 4.78 is 1.13. The Bertz CT molecular complexity index is 248. The number of thioether (sulfide) groups is 1. The average Bonchev–Trinajstić information content (AvgIpc) is 2.16. The van der Waals surface area contributed by atoms with E-state index in [-0.39, 0.29) is 0 Å². The molecule has 3 heteroatoms. The predicted molar refractivity (Wildman–Crippen MR) is 64.3 cm³/mol. The van der Waals surface area contributed by atoms with E-state index in [1.54, 1.807) is 0 Å². The molecule has 0 radical (unpaired) electrons. The topological polar surface area (TPSA) is 12.0 Å². The molecule has 72 valence electrons. The predicted octanol–water partition coefficient (Wildman–Crippen LogP) is 3.07. The van der Waals surface area contributed by atoms with Crippen molar-refractivity contribution in [2.75, 3.05) is 19.1 Å². The van der Waals surface area contributed by atoms with Crippen molar-refractivity contribution in [3.05, 3.63) is 34.3 Å². The fraction of sp³-hybridized carbons (Fsp3) is 0.400. The quantitative estimate of drug-likeness (QED) is 0.892. The first kappa shape index (κ1) is 11.1. The first-order valence-corrected chi connectivity index (χ1v) is 6.38. The highest BCUT2D eigenvalue weighted by Gasteiger charge is 2.06. The van der Waals surface area contributed by atoms with Crippen LogP contribution in [0.15, 0.2) is 28.7 Å². The summed E-state index contributed by atoms with van der Waals surface area (Å²) in [5.74, 6) is 1.11. The van der Waals surface area contributed by atoms with Crippen molar-refractivity contribution in [3.8, 4) is 0 Å². The summed E-state index contributed by atoms with van der Waals surface area (Å²) in [6.45, 7) is 0. The van der Waals surface area contributed by atoms with Crippen molar-refractivity contribution in [1.29, 1.82) is 0 Å². The Morgan fingerprint density at radius 1 is 1.38 bits per heavy atom. The molecule has 13 heavy (non-hydrogen) atoms. The van der Waals surface area contributed by atoms with Gasteiger partial charge in [0.2, 0.25) is 0 Å². The standard InChI is InChI=1S/C10H14BrNS/c1-12-10(7-13-2)8-3-5-9(11)6-4-8/h3-6,10,12H,7H2,1-2H3. The lowest BCUT2D eigenvalue weighted by atomic mass is 10.1. The minimum Gasteiger partial charge on any atom is -0.312 e. The zero-order valence-electron chi connectivity index (χ0n) is 7.88. The maximum Gasteiger partial charge on any atom is 0.0409 e. The number of halogens is 1. The summed E-state index contributed by atoms with van der Waals surface area (Å²) in [7, 11) is 2.00. The van der Waals surface area contributed by atoms with Gasteiger partial charge in [0.15, 0.2) is 0 Å². The third-order valence-electron chi connectivity index (χ3n) is 1.95. The van der Waals surface area contributed by atoms with Crippen LogP contribution in [-0.4, -0.2) is 19.1 Å². The molecule has 1 N–H and O–H groups in total. The summed E-state index contributed by atoms with van der Waals surface area (Å²) in [6, 6.07) is 8.94. The van der Waals surface area contributed by atoms with Gasteiger partial charge in [0.25, 0.3) is 0 Å². The smallest absolute Gasteiger partial charge is 0.0409 e. The molecule has 0 aliphatic rings. The lowest BCUT2D eigenvalue weighted by molar-refractivity contribution is 0.662. The van der Waals surface area contributed by atoms with Crippen LogP contribution >= 0.6 is 27.7 Å². The van der Waals surface area contributed by atoms with Crippen molar-refractivity contribution in [3.63, 3.8) is 0 Å². The summed E-state index contributed by atoms with van der Waals surface area (Å²) in [6.07, 6.45) is 2.13. The molecule has 0 bridgehead atoms. The molecule has 0 amide bonds. The van der Waals surface area contributed by atoms with E-state index in [1.807, 2.05) is 18.8 Å². The van der Waals surface area contributed by atoms with Crippen LogP contribution in [0.2, 0.25) is 0 Å². The van der Waals surface area contributed by atoms with E-state index in [1.165, 1.54) is 5.56 Å². The molecule has 1 nitrogen and oxygen atoms in total. The zero-order chi connectivity index (χ0) is 9.68. The second kappa shape index (κ2) is 5.68. The number of nitrogens with one attached hydrogen (secondary N) is 1. The summed E-state index contributed by atoms with van der Waals surface area (Å²) in [5, 5.41) is 3.30. The Morgan fingerprint density at radius 2 is 2.00 bits per heavy atom. The van der Waals surface area contributed by atoms with Crippen LogP contribution in [0.3, 0.4) is 0 Å². The Kier molecular flexibility index (Phi) is 4.84. The van der Waals surface area contributed by atoms with Crippen molar-refractivity contribution >= 4 is 27.7 Å². The van der Waals surface area contributed by atoms with E-state index in [2.05, 4.69) is 51.8 Å². The largest absolute Gasteiger partial charge is 0.312 e. The molecule has 0 saturated heterocycles. The third kappa shape index (κ3) is 3.33. The summed E-state index contributed by atoms with van der Waals surface area (Å²) in [5.41, 5.74) is 1.35. The van der Waals surface area contributed by atoms with Gasteiger partial charge >= 0.3 is 0 Å². The highest BCUT2D eigenvalue weighted by atomic mass is 79.9. The molecule has 0 aliphatic carbocycles. The fourth-order valence-electron chi connectivity index (χ4n) is 1.21. The minimum atomic E-state index is 0.461. The van der Waals surface area contributed by atoms with Crippen molar-refractivity contribution in [2.45, 2.75) is 6.04 Å². The molecular formula is C10H14BrNS. The molecule has 1 atom stereocenters. The minimum absolute atomic E-state index is 0.461. The first-order valence-electron chi connectivity index (χ1n) is 4.19. The van der Waals surface area contributed by atoms with Crippen LogP contribution < -0.4 is 5.32 Å². The van der Waals surface area contributed by atoms with Gasteiger partial charge in [-0.1, -0.05) is 28.1 Å². The number of hydrogen-bond donors (Lipinski definition) is 1. The van der Waals surface area contributed by atoms with Crippen molar-refractivity contribution in [2.24, 2.45) is 0 Å². The van der Waals surface area contributed by atoms with E-state index < -0.39 is 0 Å². The Labute approximate surface area is 92.4 Å². The number of hydrogen-bond acceptors (Lipinski definition) is 2. The Morgan fingerprint density at radius 3 is 2.46 bits per heavy atom. The SMILES string of the molecule is CNC(CSC)c1ccc(Br)cc1. The van der Waals surface area contributed by atoms with Crippen LogP contribution in [-0.2, 0) is 0 Å². The fourth-order valence-corrected chi connectivity index (χ4v) is 2.16. The normalized spacial score (nSPS) is 12.8. The molecule has 0 spiro atoms. The van der Waals surface area contributed by atoms with E-state index in [4.69, 9.17) is 0 Å². The van der Waals surface area contributed by atoms with E-state index in [0.717, 1.165) is 10.2 Å². The lowest BCUT2D eigenvalue weighted by Gasteiger charge is -2.14. The maximum atomic E-state index is 3.43. The molecule has 1 aromatic rings. The second-order valence-electron chi connectivity index (χ2n) is 2.85. The monoisotopic (exact) mass is 259 g/mol. The zero-order valence-corrected chi connectivity index (χ0v) is 10.3. The molecule has 0 saturated carbocycles. The number of benzene rings is 1. The van der Waals surface area contributed by atoms with Crippen LogP contribution in [0, 0.1) is 0 Å². The van der Waals surface area contributed by atoms with Gasteiger partial charge in [0.1, 0.15) is 0 Å². The van der Waals surface area contributed by atoms with Gasteiger partial charge in [-0.2, -0.15) is 11.8 Å². The van der Waals surface area contributed by atoms with E-state index in [9.17, 15) is 0 Å². The molecular weight excluding hydrogens is 246 g/mol. The van der Waals surface area contributed by atoms with Gasteiger partial charge in [0.05, 0.1) is 0 Å². The Balaban J connectivity index is 2.73.